The molecule has 3 nitrogen and oxygen atoms in total. The lowest BCUT2D eigenvalue weighted by molar-refractivity contribution is 0.563. The quantitative estimate of drug-likeness (QED) is 0.826. The van der Waals surface area contributed by atoms with E-state index in [-0.39, 0.29) is 23.1 Å². The van der Waals surface area contributed by atoms with Gasteiger partial charge in [-0.05, 0) is 23.6 Å². The Morgan fingerprint density at radius 3 is 2.59 bits per heavy atom. The maximum absolute atomic E-state index is 13.2. The molecule has 2 N–H and O–H groups in total. The van der Waals surface area contributed by atoms with Crippen molar-refractivity contribution in [1.29, 1.82) is 0 Å². The Morgan fingerprint density at radius 2 is 2.06 bits per heavy atom. The van der Waals surface area contributed by atoms with E-state index in [0.717, 1.165) is 6.42 Å². The van der Waals surface area contributed by atoms with E-state index in [1.807, 2.05) is 13.8 Å². The summed E-state index contributed by atoms with van der Waals surface area (Å²) in [5.41, 5.74) is 5.81. The summed E-state index contributed by atoms with van der Waals surface area (Å²) in [7, 11) is -3.18. The molecule has 0 aliphatic rings. The van der Waals surface area contributed by atoms with Gasteiger partial charge in [-0.1, -0.05) is 26.3 Å². The van der Waals surface area contributed by atoms with Crippen LogP contribution in [0.2, 0.25) is 0 Å². The van der Waals surface area contributed by atoms with Gasteiger partial charge in [0.2, 0.25) is 0 Å². The van der Waals surface area contributed by atoms with Crippen molar-refractivity contribution in [1.82, 2.24) is 0 Å². The lowest BCUT2D eigenvalue weighted by atomic mass is 10.2. The molecular formula is C12H18FNO2S. The standard InChI is InChI=1S/C12H18FNO2S/c1-3-9(2)7-17(15,16)8-10-4-5-12(14)11(13)6-10/h4-6,9H,3,7-8,14H2,1-2H3. The van der Waals surface area contributed by atoms with Gasteiger partial charge in [-0.25, -0.2) is 12.8 Å². The second-order valence-electron chi connectivity index (χ2n) is 4.42. The molecule has 0 aliphatic heterocycles. The Balaban J connectivity index is 2.80. The van der Waals surface area contributed by atoms with Crippen LogP contribution in [0.4, 0.5) is 10.1 Å². The molecule has 17 heavy (non-hydrogen) atoms. The highest BCUT2D eigenvalue weighted by Gasteiger charge is 2.16. The molecule has 0 aliphatic carbocycles. The van der Waals surface area contributed by atoms with Crippen molar-refractivity contribution in [2.24, 2.45) is 5.92 Å². The van der Waals surface area contributed by atoms with Crippen LogP contribution in [0.15, 0.2) is 18.2 Å². The first-order chi connectivity index (χ1) is 7.84. The molecule has 0 spiro atoms. The van der Waals surface area contributed by atoms with Crippen molar-refractivity contribution in [2.75, 3.05) is 11.5 Å². The molecule has 0 radical (unpaired) electrons. The number of hydrogen-bond donors (Lipinski definition) is 1. The number of benzene rings is 1. The second kappa shape index (κ2) is 5.49. The van der Waals surface area contributed by atoms with Crippen LogP contribution in [0.25, 0.3) is 0 Å². The third kappa shape index (κ3) is 4.34. The van der Waals surface area contributed by atoms with Crippen LogP contribution >= 0.6 is 0 Å². The summed E-state index contributed by atoms with van der Waals surface area (Å²) < 4.78 is 36.8. The van der Waals surface area contributed by atoms with Gasteiger partial charge in [0.05, 0.1) is 17.2 Å². The minimum Gasteiger partial charge on any atom is -0.396 e. The highest BCUT2D eigenvalue weighted by molar-refractivity contribution is 7.90. The third-order valence-electron chi connectivity index (χ3n) is 2.69. The van der Waals surface area contributed by atoms with E-state index in [0.29, 0.717) is 5.56 Å². The minimum atomic E-state index is -3.18. The maximum Gasteiger partial charge on any atom is 0.154 e. The number of halogens is 1. The van der Waals surface area contributed by atoms with Crippen molar-refractivity contribution >= 4 is 15.5 Å². The zero-order valence-electron chi connectivity index (χ0n) is 10.1. The van der Waals surface area contributed by atoms with Crippen molar-refractivity contribution in [3.8, 4) is 0 Å². The largest absolute Gasteiger partial charge is 0.396 e. The molecule has 5 heteroatoms. The van der Waals surface area contributed by atoms with Gasteiger partial charge in [-0.15, -0.1) is 0 Å². The zero-order chi connectivity index (χ0) is 13.1. The van der Waals surface area contributed by atoms with Gasteiger partial charge in [0.15, 0.2) is 9.84 Å². The first-order valence-corrected chi connectivity index (χ1v) is 7.40. The van der Waals surface area contributed by atoms with Crippen molar-refractivity contribution in [3.05, 3.63) is 29.6 Å². The first kappa shape index (κ1) is 14.0. The van der Waals surface area contributed by atoms with Crippen LogP contribution < -0.4 is 5.73 Å². The molecule has 0 heterocycles. The topological polar surface area (TPSA) is 60.2 Å². The molecule has 0 aromatic heterocycles. The van der Waals surface area contributed by atoms with E-state index in [9.17, 15) is 12.8 Å². The average Bonchev–Trinajstić information content (AvgIpc) is 2.22. The maximum atomic E-state index is 13.2. The molecule has 0 amide bonds. The van der Waals surface area contributed by atoms with Crippen LogP contribution in [-0.4, -0.2) is 14.2 Å². The van der Waals surface area contributed by atoms with E-state index in [1.54, 1.807) is 6.07 Å². The molecule has 1 atom stereocenters. The highest BCUT2D eigenvalue weighted by atomic mass is 32.2. The lowest BCUT2D eigenvalue weighted by Crippen LogP contribution is -2.15. The van der Waals surface area contributed by atoms with E-state index >= 15 is 0 Å². The summed E-state index contributed by atoms with van der Waals surface area (Å²) in [5, 5.41) is 0. The molecule has 0 bridgehead atoms. The smallest absolute Gasteiger partial charge is 0.154 e. The molecule has 0 saturated carbocycles. The van der Waals surface area contributed by atoms with Gasteiger partial charge in [-0.3, -0.25) is 0 Å². The summed E-state index contributed by atoms with van der Waals surface area (Å²) in [4.78, 5) is 0. The number of nitrogens with two attached hydrogens (primary N) is 1. The average molecular weight is 259 g/mol. The summed E-state index contributed by atoms with van der Waals surface area (Å²) in [6.45, 7) is 3.84. The van der Waals surface area contributed by atoms with Crippen LogP contribution in [-0.2, 0) is 15.6 Å². The predicted octanol–water partition coefficient (Wildman–Crippen LogP) is 2.37. The van der Waals surface area contributed by atoms with Crippen LogP contribution in [0, 0.1) is 11.7 Å². The molecular weight excluding hydrogens is 241 g/mol. The van der Waals surface area contributed by atoms with Gasteiger partial charge in [0.1, 0.15) is 5.82 Å². The number of nitrogen functional groups attached to an aromatic ring is 1. The lowest BCUT2D eigenvalue weighted by Gasteiger charge is -2.09. The Hall–Kier alpha value is -1.10. The Labute approximate surface area is 102 Å². The molecule has 1 aromatic rings. The van der Waals surface area contributed by atoms with Crippen LogP contribution in [0.5, 0.6) is 0 Å². The van der Waals surface area contributed by atoms with Gasteiger partial charge in [0.25, 0.3) is 0 Å². The Kier molecular flexibility index (Phi) is 4.51. The number of anilines is 1. The molecule has 1 unspecified atom stereocenters. The summed E-state index contributed by atoms with van der Waals surface area (Å²) in [6.07, 6.45) is 0.815. The zero-order valence-corrected chi connectivity index (χ0v) is 10.9. The van der Waals surface area contributed by atoms with Gasteiger partial charge < -0.3 is 5.73 Å². The highest BCUT2D eigenvalue weighted by Crippen LogP contribution is 2.16. The fourth-order valence-corrected chi connectivity index (χ4v) is 3.43. The second-order valence-corrected chi connectivity index (χ2v) is 6.53. The van der Waals surface area contributed by atoms with Crippen molar-refractivity contribution in [3.63, 3.8) is 0 Å². The van der Waals surface area contributed by atoms with E-state index < -0.39 is 15.7 Å². The van der Waals surface area contributed by atoms with Gasteiger partial charge in [-0.2, -0.15) is 0 Å². The summed E-state index contributed by atoms with van der Waals surface area (Å²) in [5.74, 6) is -0.441. The van der Waals surface area contributed by atoms with Crippen molar-refractivity contribution < 1.29 is 12.8 Å². The number of hydrogen-bond acceptors (Lipinski definition) is 3. The van der Waals surface area contributed by atoms with Crippen LogP contribution in [0.3, 0.4) is 0 Å². The third-order valence-corrected chi connectivity index (χ3v) is 4.54. The van der Waals surface area contributed by atoms with E-state index in [1.165, 1.54) is 12.1 Å². The van der Waals surface area contributed by atoms with Gasteiger partial charge in [0, 0.05) is 0 Å². The van der Waals surface area contributed by atoms with E-state index in [4.69, 9.17) is 5.73 Å². The molecule has 0 fully saturated rings. The Bertz CT molecular complexity index is 485. The Morgan fingerprint density at radius 1 is 1.41 bits per heavy atom. The summed E-state index contributed by atoms with van der Waals surface area (Å²) >= 11 is 0. The molecule has 1 rings (SSSR count). The fourth-order valence-electron chi connectivity index (χ4n) is 1.52. The van der Waals surface area contributed by atoms with E-state index in [2.05, 4.69) is 0 Å². The van der Waals surface area contributed by atoms with Gasteiger partial charge >= 0.3 is 0 Å². The first-order valence-electron chi connectivity index (χ1n) is 5.58. The predicted molar refractivity (Wildman–Crippen MR) is 67.8 cm³/mol. The van der Waals surface area contributed by atoms with Crippen LogP contribution in [0.1, 0.15) is 25.8 Å². The van der Waals surface area contributed by atoms with Crippen molar-refractivity contribution in [2.45, 2.75) is 26.0 Å². The molecule has 0 saturated heterocycles. The molecule has 96 valence electrons. The summed E-state index contributed by atoms with van der Waals surface area (Å²) in [6, 6.07) is 4.12. The fraction of sp³-hybridized carbons (Fsp3) is 0.500. The molecule has 1 aromatic carbocycles. The minimum absolute atomic E-state index is 0.0353. The SMILES string of the molecule is CCC(C)CS(=O)(=O)Cc1ccc(N)c(F)c1. The number of rotatable bonds is 5. The monoisotopic (exact) mass is 259 g/mol. The normalized spacial score (nSPS) is 13.6. The number of sulfone groups is 1.